The minimum atomic E-state index is -1.41. The van der Waals surface area contributed by atoms with Crippen LogP contribution in [0.25, 0.3) is 0 Å². The Balaban J connectivity index is 1.72. The Morgan fingerprint density at radius 2 is 1.88 bits per heavy atom. The van der Waals surface area contributed by atoms with Gasteiger partial charge in [0.25, 0.3) is 0 Å². The van der Waals surface area contributed by atoms with Gasteiger partial charge in [-0.15, -0.1) is 0 Å². The first kappa shape index (κ1) is 24.1. The lowest BCUT2D eigenvalue weighted by Gasteiger charge is -2.60. The van der Waals surface area contributed by atoms with Crippen molar-refractivity contribution in [3.63, 3.8) is 0 Å². The van der Waals surface area contributed by atoms with Crippen LogP contribution in [0, 0.1) is 28.6 Å². The Morgan fingerprint density at radius 3 is 2.55 bits per heavy atom. The van der Waals surface area contributed by atoms with Crippen molar-refractivity contribution >= 4 is 23.5 Å². The number of Topliss-reactive ketones (excluding diaryl/α,β-unsaturated/α-hetero) is 1. The van der Waals surface area contributed by atoms with E-state index in [9.17, 15) is 24.3 Å². The standard InChI is InChI=1S/C26H36O7/c1-5-22(31)33-26(21(30)14-32-15(2)27)11-9-19-18-7-6-16-12-17(28)8-10-24(16,3)23(18)20(29)13-25(19,26)4/h12,18-20,23,29H,5-11,13-14H2,1-4H3/t18-,19+,20-,23-,24-,25-,26?/m0/s1. The molecule has 7 atom stereocenters. The molecule has 0 amide bonds. The molecule has 7 nitrogen and oxygen atoms in total. The van der Waals surface area contributed by atoms with E-state index >= 15 is 0 Å². The van der Waals surface area contributed by atoms with Crippen LogP contribution in [0.4, 0.5) is 0 Å². The minimum absolute atomic E-state index is 0.00456. The molecule has 0 spiro atoms. The Kier molecular flexibility index (Phi) is 6.09. The summed E-state index contributed by atoms with van der Waals surface area (Å²) in [6.07, 6.45) is 5.55. The molecule has 3 fully saturated rings. The fourth-order valence-corrected chi connectivity index (χ4v) is 7.91. The largest absolute Gasteiger partial charge is 0.458 e. The van der Waals surface area contributed by atoms with Crippen molar-refractivity contribution in [1.29, 1.82) is 0 Å². The van der Waals surface area contributed by atoms with Crippen molar-refractivity contribution in [2.24, 2.45) is 28.6 Å². The molecule has 4 rings (SSSR count). The fraction of sp³-hybridized carbons (Fsp3) is 0.769. The summed E-state index contributed by atoms with van der Waals surface area (Å²) in [5.41, 5.74) is -1.25. The van der Waals surface area contributed by atoms with Gasteiger partial charge in [-0.05, 0) is 67.8 Å². The number of aliphatic hydroxyl groups is 1. The van der Waals surface area contributed by atoms with Gasteiger partial charge in [-0.25, -0.2) is 0 Å². The number of carbonyl (C=O) groups is 4. The molecule has 0 aromatic heterocycles. The van der Waals surface area contributed by atoms with Crippen molar-refractivity contribution < 1.29 is 33.8 Å². The number of esters is 2. The van der Waals surface area contributed by atoms with E-state index in [-0.39, 0.29) is 35.4 Å². The molecule has 0 aromatic rings. The van der Waals surface area contributed by atoms with E-state index in [1.807, 2.05) is 6.92 Å². The number of rotatable bonds is 5. The van der Waals surface area contributed by atoms with Gasteiger partial charge in [-0.1, -0.05) is 26.3 Å². The first-order chi connectivity index (χ1) is 15.5. The minimum Gasteiger partial charge on any atom is -0.458 e. The Labute approximate surface area is 195 Å². The number of fused-ring (bicyclic) bond motifs is 5. The van der Waals surface area contributed by atoms with Gasteiger partial charge in [0.15, 0.2) is 18.0 Å². The summed E-state index contributed by atoms with van der Waals surface area (Å²) in [5, 5.41) is 11.6. The summed E-state index contributed by atoms with van der Waals surface area (Å²) in [4.78, 5) is 49.4. The molecule has 0 aromatic carbocycles. The zero-order chi connectivity index (χ0) is 24.2. The van der Waals surface area contributed by atoms with Crippen LogP contribution in [0.1, 0.15) is 79.1 Å². The van der Waals surface area contributed by atoms with Gasteiger partial charge in [-0.2, -0.15) is 0 Å². The van der Waals surface area contributed by atoms with Gasteiger partial charge in [0, 0.05) is 25.2 Å². The number of ketones is 2. The van der Waals surface area contributed by atoms with Crippen molar-refractivity contribution in [1.82, 2.24) is 0 Å². The topological polar surface area (TPSA) is 107 Å². The summed E-state index contributed by atoms with van der Waals surface area (Å²) in [7, 11) is 0. The molecule has 0 saturated heterocycles. The van der Waals surface area contributed by atoms with Gasteiger partial charge in [-0.3, -0.25) is 19.2 Å². The van der Waals surface area contributed by atoms with Gasteiger partial charge in [0.05, 0.1) is 6.10 Å². The molecular weight excluding hydrogens is 424 g/mol. The third kappa shape index (κ3) is 3.58. The molecule has 1 unspecified atom stereocenters. The molecular formula is C26H36O7. The number of allylic oxidation sites excluding steroid dienone is 1. The second-order valence-corrected chi connectivity index (χ2v) is 11.0. The molecule has 182 valence electrons. The van der Waals surface area contributed by atoms with Gasteiger partial charge in [0.2, 0.25) is 5.78 Å². The van der Waals surface area contributed by atoms with E-state index in [1.54, 1.807) is 13.0 Å². The van der Waals surface area contributed by atoms with E-state index in [1.165, 1.54) is 6.92 Å². The molecule has 0 aliphatic heterocycles. The smallest absolute Gasteiger partial charge is 0.306 e. The van der Waals surface area contributed by atoms with E-state index in [2.05, 4.69) is 6.92 Å². The number of hydrogen-bond donors (Lipinski definition) is 1. The van der Waals surface area contributed by atoms with E-state index in [4.69, 9.17) is 9.47 Å². The summed E-state index contributed by atoms with van der Waals surface area (Å²) in [6, 6.07) is 0. The molecule has 4 aliphatic rings. The normalized spacial score (nSPS) is 41.8. The van der Waals surface area contributed by atoms with Crippen molar-refractivity contribution in [3.8, 4) is 0 Å². The zero-order valence-electron chi connectivity index (χ0n) is 20.1. The first-order valence-electron chi connectivity index (χ1n) is 12.3. The Morgan fingerprint density at radius 1 is 1.15 bits per heavy atom. The third-order valence-corrected chi connectivity index (χ3v) is 9.45. The second kappa shape index (κ2) is 8.33. The van der Waals surface area contributed by atoms with Crippen LogP contribution in [0.5, 0.6) is 0 Å². The van der Waals surface area contributed by atoms with E-state index in [0.29, 0.717) is 25.7 Å². The maximum absolute atomic E-state index is 13.5. The Hall–Kier alpha value is -2.02. The average Bonchev–Trinajstić information content (AvgIpc) is 3.04. The fourth-order valence-electron chi connectivity index (χ4n) is 7.91. The van der Waals surface area contributed by atoms with Crippen molar-refractivity contribution in [2.75, 3.05) is 6.61 Å². The second-order valence-electron chi connectivity index (χ2n) is 11.0. The molecule has 0 heterocycles. The quantitative estimate of drug-likeness (QED) is 0.627. The van der Waals surface area contributed by atoms with Crippen LogP contribution in [0.2, 0.25) is 0 Å². The van der Waals surface area contributed by atoms with Crippen LogP contribution in [-0.4, -0.2) is 46.9 Å². The lowest BCUT2D eigenvalue weighted by atomic mass is 9.45. The number of aliphatic hydroxyl groups excluding tert-OH is 1. The highest BCUT2D eigenvalue weighted by atomic mass is 16.6. The number of carbonyl (C=O) groups excluding carboxylic acids is 4. The summed E-state index contributed by atoms with van der Waals surface area (Å²) >= 11 is 0. The first-order valence-corrected chi connectivity index (χ1v) is 12.3. The highest BCUT2D eigenvalue weighted by molar-refractivity contribution is 5.93. The summed E-state index contributed by atoms with van der Waals surface area (Å²) in [6.45, 7) is 6.64. The molecule has 3 saturated carbocycles. The van der Waals surface area contributed by atoms with Crippen molar-refractivity contribution in [3.05, 3.63) is 11.6 Å². The van der Waals surface area contributed by atoms with E-state index in [0.717, 1.165) is 24.8 Å². The van der Waals surface area contributed by atoms with Crippen LogP contribution in [0.3, 0.4) is 0 Å². The molecule has 1 N–H and O–H groups in total. The summed E-state index contributed by atoms with van der Waals surface area (Å²) < 4.78 is 11.0. The SMILES string of the molecule is CCC(=O)OC1(C(=O)COC(C)=O)CC[C@@H]2[C@@H]3CCC4=CC(=O)CC[C@]4(C)[C@@H]3[C@@H](O)C[C@@]21C. The Bertz CT molecular complexity index is 906. The van der Waals surface area contributed by atoms with Gasteiger partial charge in [0.1, 0.15) is 0 Å². The lowest BCUT2D eigenvalue weighted by Crippen LogP contribution is -2.63. The van der Waals surface area contributed by atoms with Gasteiger partial charge < -0.3 is 14.6 Å². The maximum atomic E-state index is 13.5. The van der Waals surface area contributed by atoms with E-state index < -0.39 is 41.4 Å². The molecule has 0 radical (unpaired) electrons. The number of ether oxygens (including phenoxy) is 2. The maximum Gasteiger partial charge on any atom is 0.306 e. The molecule has 4 aliphatic carbocycles. The monoisotopic (exact) mass is 460 g/mol. The number of hydrogen-bond acceptors (Lipinski definition) is 7. The van der Waals surface area contributed by atoms with Crippen LogP contribution >= 0.6 is 0 Å². The third-order valence-electron chi connectivity index (χ3n) is 9.45. The van der Waals surface area contributed by atoms with Crippen molar-refractivity contribution in [2.45, 2.75) is 90.8 Å². The lowest BCUT2D eigenvalue weighted by molar-refractivity contribution is -0.202. The average molecular weight is 461 g/mol. The predicted octanol–water partition coefficient (Wildman–Crippen LogP) is 3.31. The van der Waals surface area contributed by atoms with Crippen LogP contribution in [0.15, 0.2) is 11.6 Å². The molecule has 0 bridgehead atoms. The summed E-state index contributed by atoms with van der Waals surface area (Å²) in [5.74, 6) is -0.999. The zero-order valence-corrected chi connectivity index (χ0v) is 20.1. The predicted molar refractivity (Wildman–Crippen MR) is 119 cm³/mol. The van der Waals surface area contributed by atoms with Crippen LogP contribution < -0.4 is 0 Å². The molecule has 7 heteroatoms. The van der Waals surface area contributed by atoms with Crippen LogP contribution in [-0.2, 0) is 28.7 Å². The highest BCUT2D eigenvalue weighted by Gasteiger charge is 2.70. The van der Waals surface area contributed by atoms with Gasteiger partial charge >= 0.3 is 11.9 Å². The molecule has 33 heavy (non-hydrogen) atoms. The highest BCUT2D eigenvalue weighted by Crippen LogP contribution is 2.68.